The average molecular weight is 426 g/mol. The average Bonchev–Trinajstić information content (AvgIpc) is 2.78. The number of carbonyl (C=O) groups is 3. The Kier molecular flexibility index (Phi) is 9.12. The van der Waals surface area contributed by atoms with Crippen molar-refractivity contribution in [2.24, 2.45) is 10.8 Å². The summed E-state index contributed by atoms with van der Waals surface area (Å²) >= 11 is 0. The molecule has 2 rings (SSSR count). The standard InChI is InChI=1S/C21H26N6O4/c1-3-31-21(30)18(10-15-6-5-9-23-12-15)27-19(28)14(2)26-20(29)16-7-4-8-17(11-16)24-13-25-22/h4-9,11-14,18H,3,10,22H2,1-2H3,(H,24,25)(H,26,29)(H,27,28). The van der Waals surface area contributed by atoms with Gasteiger partial charge >= 0.3 is 5.97 Å². The third-order valence-corrected chi connectivity index (χ3v) is 4.19. The van der Waals surface area contributed by atoms with Gasteiger partial charge in [0.15, 0.2) is 0 Å². The number of nitrogens with zero attached hydrogens (tertiary/aromatic N) is 2. The Morgan fingerprint density at radius 2 is 2.03 bits per heavy atom. The fourth-order valence-corrected chi connectivity index (χ4v) is 2.67. The fourth-order valence-electron chi connectivity index (χ4n) is 2.67. The normalized spacial score (nSPS) is 12.6. The van der Waals surface area contributed by atoms with Gasteiger partial charge in [0.1, 0.15) is 18.4 Å². The molecule has 2 aromatic rings. The molecule has 5 N–H and O–H groups in total. The molecule has 31 heavy (non-hydrogen) atoms. The number of nitrogens with two attached hydrogens (primary N) is 1. The highest BCUT2D eigenvalue weighted by Crippen LogP contribution is 2.13. The third-order valence-electron chi connectivity index (χ3n) is 4.19. The summed E-state index contributed by atoms with van der Waals surface area (Å²) in [7, 11) is 0. The molecule has 0 fully saturated rings. The predicted molar refractivity (Wildman–Crippen MR) is 115 cm³/mol. The minimum Gasteiger partial charge on any atom is -0.464 e. The van der Waals surface area contributed by atoms with E-state index < -0.39 is 29.9 Å². The van der Waals surface area contributed by atoms with Crippen LogP contribution in [0.1, 0.15) is 29.8 Å². The van der Waals surface area contributed by atoms with Gasteiger partial charge in [0.2, 0.25) is 5.91 Å². The van der Waals surface area contributed by atoms with E-state index in [0.29, 0.717) is 11.3 Å². The van der Waals surface area contributed by atoms with Crippen LogP contribution in [0.25, 0.3) is 0 Å². The van der Waals surface area contributed by atoms with E-state index in [1.54, 1.807) is 55.7 Å². The second-order valence-electron chi connectivity index (χ2n) is 6.55. The third kappa shape index (κ3) is 7.52. The van der Waals surface area contributed by atoms with Crippen LogP contribution in [-0.2, 0) is 20.7 Å². The van der Waals surface area contributed by atoms with E-state index in [0.717, 1.165) is 5.56 Å². The number of hydrogen-bond donors (Lipinski definition) is 4. The molecule has 0 radical (unpaired) electrons. The number of esters is 1. The van der Waals surface area contributed by atoms with Crippen molar-refractivity contribution < 1.29 is 19.1 Å². The molecule has 0 aliphatic heterocycles. The smallest absolute Gasteiger partial charge is 0.328 e. The van der Waals surface area contributed by atoms with E-state index in [1.807, 2.05) is 0 Å². The molecule has 1 aromatic carbocycles. The van der Waals surface area contributed by atoms with Crippen LogP contribution in [-0.4, -0.2) is 47.8 Å². The van der Waals surface area contributed by atoms with Crippen LogP contribution in [0.5, 0.6) is 0 Å². The number of aromatic nitrogens is 1. The first-order chi connectivity index (χ1) is 14.9. The van der Waals surface area contributed by atoms with Gasteiger partial charge < -0.3 is 20.8 Å². The van der Waals surface area contributed by atoms with Crippen molar-refractivity contribution >= 4 is 29.8 Å². The molecule has 0 aliphatic rings. The number of ether oxygens (including phenoxy) is 1. The topological polar surface area (TPSA) is 148 Å². The zero-order chi connectivity index (χ0) is 22.6. The summed E-state index contributed by atoms with van der Waals surface area (Å²) in [6.07, 6.45) is 4.73. The molecule has 1 aromatic heterocycles. The summed E-state index contributed by atoms with van der Waals surface area (Å²) in [5.41, 5.74) is 3.88. The van der Waals surface area contributed by atoms with Crippen molar-refractivity contribution in [3.63, 3.8) is 0 Å². The van der Waals surface area contributed by atoms with Gasteiger partial charge in [-0.1, -0.05) is 12.1 Å². The molecular weight excluding hydrogens is 400 g/mol. The van der Waals surface area contributed by atoms with Gasteiger partial charge in [0.05, 0.1) is 12.3 Å². The number of benzene rings is 1. The second kappa shape index (κ2) is 12.0. The summed E-state index contributed by atoms with van der Waals surface area (Å²) in [5.74, 6) is 3.61. The van der Waals surface area contributed by atoms with Crippen LogP contribution in [0, 0.1) is 0 Å². The van der Waals surface area contributed by atoms with Crippen molar-refractivity contribution in [3.8, 4) is 0 Å². The number of amides is 2. The zero-order valence-corrected chi connectivity index (χ0v) is 17.4. The van der Waals surface area contributed by atoms with Crippen molar-refractivity contribution in [3.05, 3.63) is 59.9 Å². The van der Waals surface area contributed by atoms with Crippen molar-refractivity contribution in [1.82, 2.24) is 21.0 Å². The Bertz CT molecular complexity index is 919. The lowest BCUT2D eigenvalue weighted by Gasteiger charge is -2.20. The highest BCUT2D eigenvalue weighted by molar-refractivity contribution is 5.98. The SMILES string of the molecule is CCOC(=O)C(Cc1cccnc1)NC(=O)C(C)NC(=O)c1cccc(N=CNN)c1. The number of pyridine rings is 1. The van der Waals surface area contributed by atoms with Gasteiger partial charge in [-0.3, -0.25) is 14.6 Å². The minimum absolute atomic E-state index is 0.184. The molecule has 10 nitrogen and oxygen atoms in total. The molecule has 164 valence electrons. The summed E-state index contributed by atoms with van der Waals surface area (Å²) in [4.78, 5) is 45.5. The van der Waals surface area contributed by atoms with Gasteiger partial charge in [0, 0.05) is 24.4 Å². The zero-order valence-electron chi connectivity index (χ0n) is 17.4. The first-order valence-corrected chi connectivity index (χ1v) is 9.70. The number of hydrogen-bond acceptors (Lipinski definition) is 7. The van der Waals surface area contributed by atoms with Crippen molar-refractivity contribution in [2.45, 2.75) is 32.4 Å². The maximum Gasteiger partial charge on any atom is 0.328 e. The Hall–Kier alpha value is -3.79. The molecule has 2 unspecified atom stereocenters. The van der Waals surface area contributed by atoms with E-state index in [9.17, 15) is 14.4 Å². The van der Waals surface area contributed by atoms with Gasteiger partial charge in [-0.15, -0.1) is 0 Å². The van der Waals surface area contributed by atoms with Crippen LogP contribution in [0.3, 0.4) is 0 Å². The van der Waals surface area contributed by atoms with Gasteiger partial charge in [0.25, 0.3) is 5.91 Å². The van der Waals surface area contributed by atoms with Gasteiger partial charge in [-0.05, 0) is 43.7 Å². The monoisotopic (exact) mass is 426 g/mol. The lowest BCUT2D eigenvalue weighted by Crippen LogP contribution is -2.51. The largest absolute Gasteiger partial charge is 0.464 e. The second-order valence-corrected chi connectivity index (χ2v) is 6.55. The Morgan fingerprint density at radius 1 is 1.23 bits per heavy atom. The Morgan fingerprint density at radius 3 is 2.71 bits per heavy atom. The van der Waals surface area contributed by atoms with Crippen molar-refractivity contribution in [2.75, 3.05) is 6.61 Å². The first-order valence-electron chi connectivity index (χ1n) is 9.70. The molecule has 0 saturated carbocycles. The van der Waals surface area contributed by atoms with E-state index in [2.05, 4.69) is 26.0 Å². The van der Waals surface area contributed by atoms with Crippen molar-refractivity contribution in [1.29, 1.82) is 0 Å². The highest BCUT2D eigenvalue weighted by Gasteiger charge is 2.26. The molecule has 2 atom stereocenters. The number of aliphatic imine (C=N–C) groups is 1. The van der Waals surface area contributed by atoms with Gasteiger partial charge in [-0.25, -0.2) is 15.6 Å². The summed E-state index contributed by atoms with van der Waals surface area (Å²) in [6.45, 7) is 3.40. The van der Waals surface area contributed by atoms with Gasteiger partial charge in [-0.2, -0.15) is 0 Å². The quantitative estimate of drug-likeness (QED) is 0.143. The first kappa shape index (κ1) is 23.5. The van der Waals surface area contributed by atoms with Crippen LogP contribution < -0.4 is 21.9 Å². The summed E-state index contributed by atoms with van der Waals surface area (Å²) < 4.78 is 5.06. The fraction of sp³-hybridized carbons (Fsp3) is 0.286. The van der Waals surface area contributed by atoms with E-state index in [4.69, 9.17) is 10.6 Å². The van der Waals surface area contributed by atoms with E-state index in [-0.39, 0.29) is 13.0 Å². The lowest BCUT2D eigenvalue weighted by molar-refractivity contribution is -0.147. The molecule has 1 heterocycles. The maximum atomic E-state index is 12.6. The summed E-state index contributed by atoms with van der Waals surface area (Å²) in [6, 6.07) is 8.25. The molecule has 2 amide bonds. The molecule has 0 spiro atoms. The minimum atomic E-state index is -0.905. The summed E-state index contributed by atoms with van der Waals surface area (Å²) in [5, 5.41) is 5.26. The molecule has 0 bridgehead atoms. The predicted octanol–water partition coefficient (Wildman–Crippen LogP) is 0.614. The maximum absolute atomic E-state index is 12.6. The van der Waals surface area contributed by atoms with Crippen LogP contribution in [0.15, 0.2) is 53.8 Å². The van der Waals surface area contributed by atoms with E-state index in [1.165, 1.54) is 13.3 Å². The lowest BCUT2D eigenvalue weighted by atomic mass is 10.1. The molecular formula is C21H26N6O4. The Labute approximate surface area is 180 Å². The molecule has 0 aliphatic carbocycles. The van der Waals surface area contributed by atoms with Crippen LogP contribution in [0.2, 0.25) is 0 Å². The van der Waals surface area contributed by atoms with E-state index >= 15 is 0 Å². The number of carbonyl (C=O) groups excluding carboxylic acids is 3. The Balaban J connectivity index is 2.03. The highest BCUT2D eigenvalue weighted by atomic mass is 16.5. The number of rotatable bonds is 10. The molecule has 10 heteroatoms. The number of hydrazine groups is 1. The van der Waals surface area contributed by atoms with Crippen LogP contribution >= 0.6 is 0 Å². The number of nitrogens with one attached hydrogen (secondary N) is 3. The van der Waals surface area contributed by atoms with Crippen LogP contribution in [0.4, 0.5) is 5.69 Å². The molecule has 0 saturated heterocycles.